The topological polar surface area (TPSA) is 48.3 Å². The molecule has 0 fully saturated rings. The minimum absolute atomic E-state index is 0.744. The summed E-state index contributed by atoms with van der Waals surface area (Å²) < 4.78 is 12.9. The van der Waals surface area contributed by atoms with Crippen LogP contribution in [0.2, 0.25) is 0 Å². The number of methoxy groups -OCH3 is 2. The van der Waals surface area contributed by atoms with Crippen LogP contribution in [0.1, 0.15) is 28.1 Å². The number of nitrogens with one attached hydrogen (secondary N) is 1. The van der Waals surface area contributed by atoms with E-state index in [1.54, 1.807) is 14.2 Å². The molecular formula is C19H27N3O2. The van der Waals surface area contributed by atoms with E-state index in [9.17, 15) is 0 Å². The lowest BCUT2D eigenvalue weighted by Gasteiger charge is -2.15. The first kappa shape index (κ1) is 18.1. The van der Waals surface area contributed by atoms with Crippen molar-refractivity contribution in [2.45, 2.75) is 33.4 Å². The Morgan fingerprint density at radius 3 is 2.50 bits per heavy atom. The predicted octanol–water partition coefficient (Wildman–Crippen LogP) is 3.07. The number of nitrogens with zero attached hydrogens (tertiary/aromatic N) is 2. The molecule has 0 spiro atoms. The quantitative estimate of drug-likeness (QED) is 0.756. The van der Waals surface area contributed by atoms with Crippen LogP contribution in [-0.4, -0.2) is 24.0 Å². The second-order valence-electron chi connectivity index (χ2n) is 5.86. The van der Waals surface area contributed by atoms with Gasteiger partial charge in [0.15, 0.2) is 11.5 Å². The highest BCUT2D eigenvalue weighted by atomic mass is 16.5. The monoisotopic (exact) mass is 329 g/mol. The number of allylic oxidation sites excluding steroid dienone is 1. The Morgan fingerprint density at radius 1 is 1.21 bits per heavy atom. The van der Waals surface area contributed by atoms with Crippen LogP contribution in [0.25, 0.3) is 0 Å². The van der Waals surface area contributed by atoms with Gasteiger partial charge in [-0.2, -0.15) is 5.10 Å². The van der Waals surface area contributed by atoms with Crippen molar-refractivity contribution >= 4 is 0 Å². The fraction of sp³-hybridized carbons (Fsp3) is 0.421. The van der Waals surface area contributed by atoms with Crippen molar-refractivity contribution in [1.82, 2.24) is 15.1 Å². The van der Waals surface area contributed by atoms with Gasteiger partial charge in [0.1, 0.15) is 0 Å². The molecule has 2 rings (SSSR count). The molecular weight excluding hydrogens is 302 g/mol. The van der Waals surface area contributed by atoms with Gasteiger partial charge in [-0.3, -0.25) is 4.68 Å². The van der Waals surface area contributed by atoms with E-state index in [-0.39, 0.29) is 0 Å². The molecule has 0 aliphatic rings. The number of benzene rings is 1. The minimum atomic E-state index is 0.744. The Hall–Kier alpha value is -2.27. The second kappa shape index (κ2) is 8.02. The first-order valence-electron chi connectivity index (χ1n) is 8.06. The molecule has 0 bridgehead atoms. The molecule has 130 valence electrons. The molecule has 0 saturated heterocycles. The number of aryl methyl sites for hydroxylation is 2. The summed E-state index contributed by atoms with van der Waals surface area (Å²) in [5.74, 6) is 1.53. The lowest BCUT2D eigenvalue weighted by atomic mass is 10.1. The Bertz CT molecular complexity index is 720. The zero-order chi connectivity index (χ0) is 17.7. The molecule has 1 N–H and O–H groups in total. The normalized spacial score (nSPS) is 10.7. The Labute approximate surface area is 144 Å². The van der Waals surface area contributed by atoms with Gasteiger partial charge in [0.25, 0.3) is 0 Å². The maximum absolute atomic E-state index is 5.48. The molecule has 0 unspecified atom stereocenters. The van der Waals surface area contributed by atoms with Crippen molar-refractivity contribution in [2.75, 3.05) is 14.2 Å². The van der Waals surface area contributed by atoms with E-state index in [2.05, 4.69) is 30.0 Å². The summed E-state index contributed by atoms with van der Waals surface area (Å²) >= 11 is 0. The van der Waals surface area contributed by atoms with Gasteiger partial charge in [0.05, 0.1) is 19.9 Å². The molecule has 0 aliphatic carbocycles. The summed E-state index contributed by atoms with van der Waals surface area (Å²) in [4.78, 5) is 0. The van der Waals surface area contributed by atoms with E-state index < -0.39 is 0 Å². The Morgan fingerprint density at radius 2 is 1.96 bits per heavy atom. The molecule has 0 aliphatic heterocycles. The fourth-order valence-electron chi connectivity index (χ4n) is 2.92. The van der Waals surface area contributed by atoms with E-state index in [1.165, 1.54) is 11.3 Å². The molecule has 0 radical (unpaired) electrons. The number of ether oxygens (including phenoxy) is 2. The highest BCUT2D eigenvalue weighted by Gasteiger charge is 2.12. The third kappa shape index (κ3) is 3.79. The van der Waals surface area contributed by atoms with Gasteiger partial charge in [-0.05, 0) is 31.9 Å². The van der Waals surface area contributed by atoms with Crippen molar-refractivity contribution in [1.29, 1.82) is 0 Å². The van der Waals surface area contributed by atoms with Gasteiger partial charge in [-0.25, -0.2) is 0 Å². The van der Waals surface area contributed by atoms with Crippen LogP contribution in [-0.2, 0) is 26.6 Å². The van der Waals surface area contributed by atoms with Crippen LogP contribution in [0, 0.1) is 13.8 Å². The molecule has 24 heavy (non-hydrogen) atoms. The summed E-state index contributed by atoms with van der Waals surface area (Å²) in [6.45, 7) is 9.49. The van der Waals surface area contributed by atoms with E-state index >= 15 is 0 Å². The van der Waals surface area contributed by atoms with E-state index in [1.807, 2.05) is 30.8 Å². The lowest BCUT2D eigenvalue weighted by molar-refractivity contribution is 0.351. The van der Waals surface area contributed by atoms with Crippen LogP contribution in [0.15, 0.2) is 24.8 Å². The van der Waals surface area contributed by atoms with Gasteiger partial charge in [0.2, 0.25) is 0 Å². The smallest absolute Gasteiger partial charge is 0.164 e. The third-order valence-electron chi connectivity index (χ3n) is 4.27. The van der Waals surface area contributed by atoms with E-state index in [0.29, 0.717) is 0 Å². The summed E-state index contributed by atoms with van der Waals surface area (Å²) in [6, 6.07) is 4.15. The van der Waals surface area contributed by atoms with Gasteiger partial charge >= 0.3 is 0 Å². The van der Waals surface area contributed by atoms with Gasteiger partial charge in [-0.1, -0.05) is 12.1 Å². The number of hydrogen-bond acceptors (Lipinski definition) is 4. The average molecular weight is 329 g/mol. The van der Waals surface area contributed by atoms with Crippen molar-refractivity contribution in [3.05, 3.63) is 52.9 Å². The van der Waals surface area contributed by atoms with E-state index in [0.717, 1.165) is 47.8 Å². The lowest BCUT2D eigenvalue weighted by Crippen LogP contribution is -2.14. The number of rotatable bonds is 8. The van der Waals surface area contributed by atoms with Crippen molar-refractivity contribution in [3.8, 4) is 11.5 Å². The maximum atomic E-state index is 5.48. The van der Waals surface area contributed by atoms with Crippen LogP contribution in [0.3, 0.4) is 0 Å². The first-order chi connectivity index (χ1) is 11.5. The Kier molecular flexibility index (Phi) is 6.04. The van der Waals surface area contributed by atoms with Crippen LogP contribution in [0.4, 0.5) is 0 Å². The SMILES string of the molecule is C=CCc1cc(CNCc2c(C)nn(C)c2C)cc(OC)c1OC. The zero-order valence-electron chi connectivity index (χ0n) is 15.3. The highest BCUT2D eigenvalue weighted by Crippen LogP contribution is 2.33. The van der Waals surface area contributed by atoms with Gasteiger partial charge < -0.3 is 14.8 Å². The molecule has 5 nitrogen and oxygen atoms in total. The summed E-state index contributed by atoms with van der Waals surface area (Å²) in [6.07, 6.45) is 2.62. The van der Waals surface area contributed by atoms with Crippen LogP contribution < -0.4 is 14.8 Å². The molecule has 5 heteroatoms. The summed E-state index contributed by atoms with van der Waals surface area (Å²) in [5, 5.41) is 7.95. The maximum Gasteiger partial charge on any atom is 0.164 e. The molecule has 0 amide bonds. The van der Waals surface area contributed by atoms with Gasteiger partial charge in [0, 0.05) is 37.0 Å². The number of hydrogen-bond donors (Lipinski definition) is 1. The largest absolute Gasteiger partial charge is 0.493 e. The van der Waals surface area contributed by atoms with Crippen LogP contribution in [0.5, 0.6) is 11.5 Å². The molecule has 1 aromatic carbocycles. The van der Waals surface area contributed by atoms with Gasteiger partial charge in [-0.15, -0.1) is 6.58 Å². The Balaban J connectivity index is 2.14. The summed E-state index contributed by atoms with van der Waals surface area (Å²) in [7, 11) is 5.30. The second-order valence-corrected chi connectivity index (χ2v) is 5.86. The zero-order valence-corrected chi connectivity index (χ0v) is 15.3. The fourth-order valence-corrected chi connectivity index (χ4v) is 2.92. The first-order valence-corrected chi connectivity index (χ1v) is 8.06. The third-order valence-corrected chi connectivity index (χ3v) is 4.27. The molecule has 1 heterocycles. The predicted molar refractivity (Wildman–Crippen MR) is 96.7 cm³/mol. The molecule has 1 aromatic heterocycles. The average Bonchev–Trinajstić information content (AvgIpc) is 2.80. The van der Waals surface area contributed by atoms with Crippen molar-refractivity contribution < 1.29 is 9.47 Å². The summed E-state index contributed by atoms with van der Waals surface area (Å²) in [5.41, 5.74) is 5.76. The molecule has 2 aromatic rings. The minimum Gasteiger partial charge on any atom is -0.493 e. The standard InChI is InChI=1S/C19H27N3O2/c1-7-8-16-9-15(10-18(23-5)19(16)24-6)11-20-12-17-13(2)21-22(4)14(17)3/h7,9-10,20H,1,8,11-12H2,2-6H3. The molecule has 0 saturated carbocycles. The highest BCUT2D eigenvalue weighted by molar-refractivity contribution is 5.50. The molecule has 0 atom stereocenters. The number of aromatic nitrogens is 2. The van der Waals surface area contributed by atoms with Crippen molar-refractivity contribution in [3.63, 3.8) is 0 Å². The van der Waals surface area contributed by atoms with E-state index in [4.69, 9.17) is 9.47 Å². The van der Waals surface area contributed by atoms with Crippen LogP contribution >= 0.6 is 0 Å². The van der Waals surface area contributed by atoms with Crippen molar-refractivity contribution in [2.24, 2.45) is 7.05 Å².